The summed E-state index contributed by atoms with van der Waals surface area (Å²) in [5.41, 5.74) is 5.91. The lowest BCUT2D eigenvalue weighted by Gasteiger charge is -2.41. The van der Waals surface area contributed by atoms with Crippen LogP contribution in [0.5, 0.6) is 0 Å². The van der Waals surface area contributed by atoms with Crippen LogP contribution in [-0.4, -0.2) is 41.0 Å². The molecule has 2 fully saturated rings. The van der Waals surface area contributed by atoms with E-state index in [-0.39, 0.29) is 0 Å². The molecule has 26 heavy (non-hydrogen) atoms. The third-order valence-electron chi connectivity index (χ3n) is 6.23. The van der Waals surface area contributed by atoms with Crippen molar-refractivity contribution in [2.75, 3.05) is 26.2 Å². The van der Waals surface area contributed by atoms with E-state index in [1.165, 1.54) is 43.5 Å². The fourth-order valence-electron chi connectivity index (χ4n) is 4.51. The molecule has 1 N–H and O–H groups in total. The number of aromatic nitrogens is 2. The highest BCUT2D eigenvalue weighted by Crippen LogP contribution is 2.39. The van der Waals surface area contributed by atoms with Gasteiger partial charge >= 0.3 is 0 Å². The van der Waals surface area contributed by atoms with Gasteiger partial charge in [0.1, 0.15) is 5.82 Å². The summed E-state index contributed by atoms with van der Waals surface area (Å²) < 4.78 is 0. The van der Waals surface area contributed by atoms with Gasteiger partial charge in [0.2, 0.25) is 0 Å². The SMILES string of the molecule is c1cc2c(cc1CCCc1ncc(C3CC3)cn1)CCN1CCNC[C@@H]21. The molecule has 2 aromatic rings. The Hall–Kier alpha value is -1.78. The molecule has 2 aliphatic heterocycles. The molecule has 1 saturated heterocycles. The predicted molar refractivity (Wildman–Crippen MR) is 103 cm³/mol. The molecule has 4 heteroatoms. The van der Waals surface area contributed by atoms with Gasteiger partial charge in [0.25, 0.3) is 0 Å². The van der Waals surface area contributed by atoms with Crippen LogP contribution in [0.4, 0.5) is 0 Å². The topological polar surface area (TPSA) is 41.1 Å². The van der Waals surface area contributed by atoms with E-state index in [0.717, 1.165) is 44.1 Å². The summed E-state index contributed by atoms with van der Waals surface area (Å²) in [5, 5.41) is 3.55. The molecule has 1 aromatic heterocycles. The Balaban J connectivity index is 1.20. The average Bonchev–Trinajstić information content (AvgIpc) is 3.54. The highest BCUT2D eigenvalue weighted by Gasteiger charge is 2.29. The largest absolute Gasteiger partial charge is 0.314 e. The number of fused-ring (bicyclic) bond motifs is 3. The summed E-state index contributed by atoms with van der Waals surface area (Å²) >= 11 is 0. The van der Waals surface area contributed by atoms with Gasteiger partial charge in [0.05, 0.1) is 0 Å². The van der Waals surface area contributed by atoms with E-state index in [4.69, 9.17) is 0 Å². The second kappa shape index (κ2) is 7.09. The molecule has 0 unspecified atom stereocenters. The van der Waals surface area contributed by atoms with Crippen LogP contribution in [0.25, 0.3) is 0 Å². The lowest BCUT2D eigenvalue weighted by Crippen LogP contribution is -2.48. The molecule has 0 bridgehead atoms. The Bertz CT molecular complexity index is 766. The van der Waals surface area contributed by atoms with E-state index in [1.807, 2.05) is 12.4 Å². The smallest absolute Gasteiger partial charge is 0.128 e. The zero-order valence-corrected chi connectivity index (χ0v) is 15.5. The Morgan fingerprint density at radius 3 is 2.81 bits per heavy atom. The van der Waals surface area contributed by atoms with E-state index in [9.17, 15) is 0 Å². The van der Waals surface area contributed by atoms with Crippen molar-refractivity contribution in [3.8, 4) is 0 Å². The second-order valence-electron chi connectivity index (χ2n) is 8.10. The number of hydrogen-bond acceptors (Lipinski definition) is 4. The van der Waals surface area contributed by atoms with Crippen molar-refractivity contribution in [3.63, 3.8) is 0 Å². The van der Waals surface area contributed by atoms with E-state index in [1.54, 1.807) is 11.1 Å². The van der Waals surface area contributed by atoms with Crippen LogP contribution in [0.15, 0.2) is 30.6 Å². The van der Waals surface area contributed by atoms with Gasteiger partial charge < -0.3 is 5.32 Å². The van der Waals surface area contributed by atoms with E-state index < -0.39 is 0 Å². The first-order chi connectivity index (χ1) is 12.9. The number of benzene rings is 1. The molecule has 0 spiro atoms. The first kappa shape index (κ1) is 16.4. The van der Waals surface area contributed by atoms with Crippen LogP contribution in [0, 0.1) is 0 Å². The lowest BCUT2D eigenvalue weighted by atomic mass is 9.89. The fraction of sp³-hybridized carbons (Fsp3) is 0.545. The van der Waals surface area contributed by atoms with Crippen molar-refractivity contribution in [2.24, 2.45) is 0 Å². The number of nitrogens with one attached hydrogen (secondary N) is 1. The monoisotopic (exact) mass is 348 g/mol. The Morgan fingerprint density at radius 1 is 1.08 bits per heavy atom. The minimum atomic E-state index is 0.583. The van der Waals surface area contributed by atoms with E-state index in [0.29, 0.717) is 6.04 Å². The summed E-state index contributed by atoms with van der Waals surface area (Å²) in [5.74, 6) is 1.74. The number of piperazine rings is 1. The molecule has 0 radical (unpaired) electrons. The molecule has 0 amide bonds. The number of nitrogens with zero attached hydrogens (tertiary/aromatic N) is 3. The standard InChI is InChI=1S/C22H28N4/c1(3-22-24-13-19(14-25-22)17-5-6-17)2-16-4-7-20-18(12-16)8-10-26-11-9-23-15-21(20)26/h4,7,12-14,17,21,23H,1-3,5-6,8-11,15H2/t21-/m0/s1. The van der Waals surface area contributed by atoms with Gasteiger partial charge in [-0.3, -0.25) is 4.90 Å². The van der Waals surface area contributed by atoms with Gasteiger partial charge in [-0.1, -0.05) is 18.2 Å². The van der Waals surface area contributed by atoms with Crippen LogP contribution in [0.3, 0.4) is 0 Å². The van der Waals surface area contributed by atoms with Crippen molar-refractivity contribution in [1.82, 2.24) is 20.2 Å². The first-order valence-corrected chi connectivity index (χ1v) is 10.2. The molecule has 1 aliphatic carbocycles. The van der Waals surface area contributed by atoms with E-state index in [2.05, 4.69) is 38.4 Å². The number of hydrogen-bond donors (Lipinski definition) is 1. The normalized spacial score (nSPS) is 22.7. The fourth-order valence-corrected chi connectivity index (χ4v) is 4.51. The summed E-state index contributed by atoms with van der Waals surface area (Å²) in [4.78, 5) is 11.8. The molecule has 5 rings (SSSR count). The quantitative estimate of drug-likeness (QED) is 0.902. The molecule has 1 atom stereocenters. The van der Waals surface area contributed by atoms with Crippen molar-refractivity contribution < 1.29 is 0 Å². The molecule has 1 saturated carbocycles. The average molecular weight is 348 g/mol. The zero-order valence-electron chi connectivity index (χ0n) is 15.5. The van der Waals surface area contributed by atoms with Crippen LogP contribution < -0.4 is 5.32 Å². The summed E-state index contributed by atoms with van der Waals surface area (Å²) in [7, 11) is 0. The van der Waals surface area contributed by atoms with Crippen molar-refractivity contribution in [3.05, 3.63) is 58.7 Å². The van der Waals surface area contributed by atoms with E-state index >= 15 is 0 Å². The maximum Gasteiger partial charge on any atom is 0.128 e. The highest BCUT2D eigenvalue weighted by atomic mass is 15.2. The van der Waals surface area contributed by atoms with Gasteiger partial charge in [0.15, 0.2) is 0 Å². The summed E-state index contributed by atoms with van der Waals surface area (Å²) in [6.07, 6.45) is 11.1. The van der Waals surface area contributed by atoms with Crippen molar-refractivity contribution in [1.29, 1.82) is 0 Å². The van der Waals surface area contributed by atoms with Gasteiger partial charge in [-0.05, 0) is 60.3 Å². The molecular formula is C22H28N4. The third-order valence-corrected chi connectivity index (χ3v) is 6.23. The Kier molecular flexibility index (Phi) is 4.47. The molecule has 3 aliphatic rings. The van der Waals surface area contributed by atoms with Gasteiger partial charge in [0, 0.05) is 51.0 Å². The Morgan fingerprint density at radius 2 is 1.96 bits per heavy atom. The van der Waals surface area contributed by atoms with Crippen LogP contribution in [-0.2, 0) is 19.3 Å². The minimum Gasteiger partial charge on any atom is -0.314 e. The Labute approximate surface area is 156 Å². The predicted octanol–water partition coefficient (Wildman–Crippen LogP) is 3.03. The number of aryl methyl sites for hydroxylation is 2. The molecule has 4 nitrogen and oxygen atoms in total. The highest BCUT2D eigenvalue weighted by molar-refractivity contribution is 5.37. The van der Waals surface area contributed by atoms with Gasteiger partial charge in [-0.15, -0.1) is 0 Å². The molecule has 1 aromatic carbocycles. The zero-order chi connectivity index (χ0) is 17.3. The van der Waals surface area contributed by atoms with Gasteiger partial charge in [-0.25, -0.2) is 9.97 Å². The molecular weight excluding hydrogens is 320 g/mol. The lowest BCUT2D eigenvalue weighted by molar-refractivity contribution is 0.152. The van der Waals surface area contributed by atoms with Crippen LogP contribution >= 0.6 is 0 Å². The number of rotatable bonds is 5. The maximum atomic E-state index is 4.56. The van der Waals surface area contributed by atoms with Crippen molar-refractivity contribution >= 4 is 0 Å². The minimum absolute atomic E-state index is 0.583. The maximum absolute atomic E-state index is 4.56. The third kappa shape index (κ3) is 3.40. The summed E-state index contributed by atoms with van der Waals surface area (Å²) in [6, 6.07) is 7.77. The van der Waals surface area contributed by atoms with Gasteiger partial charge in [-0.2, -0.15) is 0 Å². The van der Waals surface area contributed by atoms with Crippen LogP contribution in [0.1, 0.15) is 59.3 Å². The summed E-state index contributed by atoms with van der Waals surface area (Å²) in [6.45, 7) is 4.63. The van der Waals surface area contributed by atoms with Crippen LogP contribution in [0.2, 0.25) is 0 Å². The molecule has 3 heterocycles. The first-order valence-electron chi connectivity index (χ1n) is 10.2. The molecule has 136 valence electrons. The van der Waals surface area contributed by atoms with Crippen molar-refractivity contribution in [2.45, 2.75) is 50.5 Å². The second-order valence-corrected chi connectivity index (χ2v) is 8.10.